The zero-order valence-corrected chi connectivity index (χ0v) is 13.4. The largest absolute Gasteiger partial charge is 0.481 e. The summed E-state index contributed by atoms with van der Waals surface area (Å²) in [5.74, 6) is -2.23. The molecule has 0 aliphatic rings. The molecule has 0 fully saturated rings. The fourth-order valence-electron chi connectivity index (χ4n) is 3.12. The Morgan fingerprint density at radius 3 is 1.95 bits per heavy atom. The average molecular weight is 300 g/mol. The van der Waals surface area contributed by atoms with Crippen molar-refractivity contribution in [1.82, 2.24) is 0 Å². The van der Waals surface area contributed by atoms with Crippen LogP contribution in [-0.2, 0) is 14.4 Å². The van der Waals surface area contributed by atoms with Crippen LogP contribution in [0.4, 0.5) is 0 Å². The van der Waals surface area contributed by atoms with Crippen molar-refractivity contribution in [2.24, 2.45) is 11.3 Å². The van der Waals surface area contributed by atoms with Crippen LogP contribution in [0.1, 0.15) is 72.1 Å². The number of hydrogen-bond acceptors (Lipinski definition) is 3. The lowest BCUT2D eigenvalue weighted by molar-refractivity contribution is -0.159. The van der Waals surface area contributed by atoms with Gasteiger partial charge in [-0.1, -0.05) is 39.5 Å². The second kappa shape index (κ2) is 9.53. The van der Waals surface area contributed by atoms with Crippen LogP contribution >= 0.6 is 0 Å². The third-order valence-electron chi connectivity index (χ3n) is 4.45. The van der Waals surface area contributed by atoms with Crippen LogP contribution in [0, 0.1) is 11.3 Å². The second-order valence-electron chi connectivity index (χ2n) is 5.64. The van der Waals surface area contributed by atoms with Crippen LogP contribution in [-0.4, -0.2) is 27.9 Å². The Kier molecular flexibility index (Phi) is 8.90. The molecular formula is C16H28O5. The molecule has 0 aliphatic carbocycles. The highest BCUT2D eigenvalue weighted by atomic mass is 16.4. The molecule has 21 heavy (non-hydrogen) atoms. The smallest absolute Gasteiger partial charge is 0.317 e. The van der Waals surface area contributed by atoms with E-state index in [0.717, 1.165) is 19.3 Å². The van der Waals surface area contributed by atoms with Gasteiger partial charge in [-0.25, -0.2) is 0 Å². The van der Waals surface area contributed by atoms with Gasteiger partial charge in [0.25, 0.3) is 0 Å². The fraction of sp³-hybridized carbons (Fsp3) is 0.812. The Labute approximate surface area is 126 Å². The normalized spacial score (nSPS) is 15.2. The number of carboxylic acid groups (broad SMARTS) is 2. The summed E-state index contributed by atoms with van der Waals surface area (Å²) in [4.78, 5) is 33.9. The maximum atomic E-state index is 11.9. The summed E-state index contributed by atoms with van der Waals surface area (Å²) in [7, 11) is 0. The quantitative estimate of drug-likeness (QED) is 0.425. The van der Waals surface area contributed by atoms with Crippen LogP contribution in [0.5, 0.6) is 0 Å². The van der Waals surface area contributed by atoms with Crippen molar-refractivity contribution in [3.8, 4) is 0 Å². The average Bonchev–Trinajstić information content (AvgIpc) is 2.40. The van der Waals surface area contributed by atoms with Crippen molar-refractivity contribution in [3.05, 3.63) is 0 Å². The van der Waals surface area contributed by atoms with Gasteiger partial charge >= 0.3 is 11.9 Å². The van der Waals surface area contributed by atoms with E-state index in [9.17, 15) is 19.5 Å². The molecule has 0 saturated heterocycles. The number of carbonyl (C=O) groups is 3. The SMILES string of the molecule is CCC(CCCCCCC(=O)O)C(CC)(C(C)=O)C(=O)O. The second-order valence-corrected chi connectivity index (χ2v) is 5.64. The molecule has 0 spiro atoms. The molecule has 2 atom stereocenters. The number of aliphatic carboxylic acids is 2. The molecular weight excluding hydrogens is 272 g/mol. The van der Waals surface area contributed by atoms with Crippen LogP contribution < -0.4 is 0 Å². The molecule has 0 aromatic carbocycles. The zero-order chi connectivity index (χ0) is 16.5. The Morgan fingerprint density at radius 2 is 1.57 bits per heavy atom. The molecule has 122 valence electrons. The van der Waals surface area contributed by atoms with Crippen molar-refractivity contribution in [3.63, 3.8) is 0 Å². The summed E-state index contributed by atoms with van der Waals surface area (Å²) in [6, 6.07) is 0. The minimum Gasteiger partial charge on any atom is -0.481 e. The van der Waals surface area contributed by atoms with E-state index in [-0.39, 0.29) is 18.1 Å². The highest BCUT2D eigenvalue weighted by Crippen LogP contribution is 2.38. The van der Waals surface area contributed by atoms with E-state index in [0.29, 0.717) is 25.7 Å². The fourth-order valence-corrected chi connectivity index (χ4v) is 3.12. The van der Waals surface area contributed by atoms with Crippen molar-refractivity contribution in [1.29, 1.82) is 0 Å². The van der Waals surface area contributed by atoms with Gasteiger partial charge in [-0.3, -0.25) is 14.4 Å². The van der Waals surface area contributed by atoms with Gasteiger partial charge in [-0.05, 0) is 32.1 Å². The van der Waals surface area contributed by atoms with E-state index >= 15 is 0 Å². The van der Waals surface area contributed by atoms with Crippen molar-refractivity contribution >= 4 is 17.7 Å². The molecule has 0 saturated carbocycles. The Bertz CT molecular complexity index is 348. The molecule has 0 aromatic rings. The van der Waals surface area contributed by atoms with Crippen LogP contribution in [0.15, 0.2) is 0 Å². The Morgan fingerprint density at radius 1 is 1.00 bits per heavy atom. The lowest BCUT2D eigenvalue weighted by atomic mass is 9.67. The summed E-state index contributed by atoms with van der Waals surface area (Å²) in [5, 5.41) is 18.1. The monoisotopic (exact) mass is 300 g/mol. The molecule has 0 aromatic heterocycles. The summed E-state index contributed by atoms with van der Waals surface area (Å²) in [6.07, 6.45) is 5.04. The van der Waals surface area contributed by atoms with E-state index in [1.165, 1.54) is 6.92 Å². The lowest BCUT2D eigenvalue weighted by Gasteiger charge is -2.34. The molecule has 0 heterocycles. The van der Waals surface area contributed by atoms with Gasteiger partial charge in [0, 0.05) is 6.42 Å². The molecule has 5 nitrogen and oxygen atoms in total. The number of carbonyl (C=O) groups excluding carboxylic acids is 1. The predicted molar refractivity (Wildman–Crippen MR) is 80.2 cm³/mol. The van der Waals surface area contributed by atoms with Gasteiger partial charge in [-0.15, -0.1) is 0 Å². The van der Waals surface area contributed by atoms with Crippen molar-refractivity contribution in [2.75, 3.05) is 0 Å². The molecule has 0 bridgehead atoms. The van der Waals surface area contributed by atoms with E-state index in [4.69, 9.17) is 5.11 Å². The summed E-state index contributed by atoms with van der Waals surface area (Å²) < 4.78 is 0. The molecule has 0 amide bonds. The maximum absolute atomic E-state index is 11.9. The Hall–Kier alpha value is -1.39. The minimum atomic E-state index is -1.27. The number of carboxylic acids is 2. The van der Waals surface area contributed by atoms with Crippen LogP contribution in [0.2, 0.25) is 0 Å². The highest BCUT2D eigenvalue weighted by Gasteiger charge is 2.47. The van der Waals surface area contributed by atoms with Crippen molar-refractivity contribution in [2.45, 2.75) is 72.1 Å². The van der Waals surface area contributed by atoms with Crippen molar-refractivity contribution < 1.29 is 24.6 Å². The first-order chi connectivity index (χ1) is 9.82. The molecule has 2 unspecified atom stereocenters. The predicted octanol–water partition coefficient (Wildman–Crippen LogP) is 3.51. The maximum Gasteiger partial charge on any atom is 0.317 e. The number of ketones is 1. The third kappa shape index (κ3) is 5.48. The summed E-state index contributed by atoms with van der Waals surface area (Å²) in [6.45, 7) is 5.05. The number of rotatable bonds is 12. The first-order valence-electron chi connectivity index (χ1n) is 7.79. The summed E-state index contributed by atoms with van der Waals surface area (Å²) >= 11 is 0. The Balaban J connectivity index is 4.50. The molecule has 0 radical (unpaired) electrons. The van der Waals surface area contributed by atoms with Gasteiger partial charge < -0.3 is 10.2 Å². The molecule has 0 rings (SSSR count). The van der Waals surface area contributed by atoms with E-state index < -0.39 is 17.4 Å². The van der Waals surface area contributed by atoms with Gasteiger partial charge in [0.05, 0.1) is 0 Å². The zero-order valence-electron chi connectivity index (χ0n) is 13.4. The molecule has 2 N–H and O–H groups in total. The third-order valence-corrected chi connectivity index (χ3v) is 4.45. The first kappa shape index (κ1) is 19.6. The topological polar surface area (TPSA) is 91.7 Å². The number of hydrogen-bond donors (Lipinski definition) is 2. The van der Waals surface area contributed by atoms with E-state index in [1.54, 1.807) is 6.92 Å². The lowest BCUT2D eigenvalue weighted by Crippen LogP contribution is -2.44. The van der Waals surface area contributed by atoms with E-state index in [1.807, 2.05) is 6.92 Å². The van der Waals surface area contributed by atoms with Crippen LogP contribution in [0.25, 0.3) is 0 Å². The highest BCUT2D eigenvalue weighted by molar-refractivity contribution is 6.02. The van der Waals surface area contributed by atoms with Gasteiger partial charge in [0.2, 0.25) is 0 Å². The molecule has 0 aliphatic heterocycles. The van der Waals surface area contributed by atoms with Gasteiger partial charge in [0.1, 0.15) is 11.2 Å². The minimum absolute atomic E-state index is 0.156. The van der Waals surface area contributed by atoms with Crippen LogP contribution in [0.3, 0.4) is 0 Å². The van der Waals surface area contributed by atoms with E-state index in [2.05, 4.69) is 0 Å². The number of unbranched alkanes of at least 4 members (excludes halogenated alkanes) is 3. The summed E-state index contributed by atoms with van der Waals surface area (Å²) in [5.41, 5.74) is -1.27. The molecule has 5 heteroatoms. The first-order valence-corrected chi connectivity index (χ1v) is 7.79. The van der Waals surface area contributed by atoms with Gasteiger partial charge in [-0.2, -0.15) is 0 Å². The standard InChI is InChI=1S/C16H28O5/c1-4-13(10-8-6-7-9-11-14(18)19)16(5-2,12(3)17)15(20)21/h13H,4-11H2,1-3H3,(H,18,19)(H,20,21). The van der Waals surface area contributed by atoms with Gasteiger partial charge in [0.15, 0.2) is 0 Å². The number of Topliss-reactive ketones (excluding diaryl/α,β-unsaturated/α-hetero) is 1.